The van der Waals surface area contributed by atoms with Gasteiger partial charge in [0.05, 0.1) is 5.54 Å². The number of hydrogen-bond donors (Lipinski definition) is 2. The lowest BCUT2D eigenvalue weighted by Gasteiger charge is -2.17. The molecular weight excluding hydrogens is 134 g/mol. The fourth-order valence-corrected chi connectivity index (χ4v) is 0.962. The van der Waals surface area contributed by atoms with Crippen molar-refractivity contribution in [3.63, 3.8) is 0 Å². The fourth-order valence-electron chi connectivity index (χ4n) is 0.608. The van der Waals surface area contributed by atoms with Gasteiger partial charge in [0.1, 0.15) is 5.84 Å². The van der Waals surface area contributed by atoms with Crippen molar-refractivity contribution in [3.8, 4) is 0 Å². The summed E-state index contributed by atoms with van der Waals surface area (Å²) in [6, 6.07) is 0. The van der Waals surface area contributed by atoms with E-state index in [1.165, 1.54) is 0 Å². The lowest BCUT2D eigenvalue weighted by molar-refractivity contribution is 0.633. The van der Waals surface area contributed by atoms with E-state index < -0.39 is 0 Å². The maximum absolute atomic E-state index is 5.50. The molecule has 1 heterocycles. The van der Waals surface area contributed by atoms with Crippen LogP contribution in [0, 0.1) is 0 Å². The van der Waals surface area contributed by atoms with Gasteiger partial charge in [0, 0.05) is 0 Å². The molecule has 0 aromatic heterocycles. The summed E-state index contributed by atoms with van der Waals surface area (Å²) in [6.07, 6.45) is 0. The molecule has 0 fully saturated rings. The molecule has 9 heavy (non-hydrogen) atoms. The van der Waals surface area contributed by atoms with E-state index in [-0.39, 0.29) is 5.54 Å². The maximum Gasteiger partial charge on any atom is 0.195 e. The van der Waals surface area contributed by atoms with Gasteiger partial charge in [0.15, 0.2) is 5.11 Å². The Morgan fingerprint density at radius 2 is 2.22 bits per heavy atom. The second-order valence-electron chi connectivity index (χ2n) is 2.55. The minimum Gasteiger partial charge on any atom is -0.385 e. The smallest absolute Gasteiger partial charge is 0.195 e. The van der Waals surface area contributed by atoms with E-state index in [1.54, 1.807) is 0 Å². The first-order valence-electron chi connectivity index (χ1n) is 2.69. The van der Waals surface area contributed by atoms with Gasteiger partial charge in [0.25, 0.3) is 0 Å². The number of hydrogen-bond acceptors (Lipinski definition) is 2. The van der Waals surface area contributed by atoms with E-state index in [9.17, 15) is 0 Å². The standard InChI is InChI=1S/C5H9N3S/c1-5(2)3(6)7-4(9)8-5/h1-2H3,(H3,6,7,8,9). The molecule has 0 spiro atoms. The van der Waals surface area contributed by atoms with E-state index in [1.807, 2.05) is 13.8 Å². The normalized spacial score (nSPS) is 23.3. The summed E-state index contributed by atoms with van der Waals surface area (Å²) in [4.78, 5) is 3.86. The molecule has 50 valence electrons. The highest BCUT2D eigenvalue weighted by atomic mass is 32.1. The number of nitrogens with zero attached hydrogens (tertiary/aromatic N) is 1. The molecule has 0 bridgehead atoms. The largest absolute Gasteiger partial charge is 0.385 e. The molecule has 1 aliphatic rings. The quantitative estimate of drug-likeness (QED) is 0.470. The van der Waals surface area contributed by atoms with Crippen LogP contribution in [-0.2, 0) is 0 Å². The van der Waals surface area contributed by atoms with Crippen LogP contribution in [0.3, 0.4) is 0 Å². The molecule has 0 radical (unpaired) electrons. The molecule has 4 heteroatoms. The highest BCUT2D eigenvalue weighted by molar-refractivity contribution is 7.80. The van der Waals surface area contributed by atoms with Crippen molar-refractivity contribution in [1.29, 1.82) is 0 Å². The van der Waals surface area contributed by atoms with Crippen LogP contribution in [0.2, 0.25) is 0 Å². The topological polar surface area (TPSA) is 50.4 Å². The molecule has 0 amide bonds. The lowest BCUT2D eigenvalue weighted by atomic mass is 10.1. The lowest BCUT2D eigenvalue weighted by Crippen LogP contribution is -2.45. The van der Waals surface area contributed by atoms with Crippen LogP contribution in [0.15, 0.2) is 4.99 Å². The Hall–Kier alpha value is -0.640. The monoisotopic (exact) mass is 143 g/mol. The molecule has 1 aliphatic heterocycles. The third kappa shape index (κ3) is 1.03. The van der Waals surface area contributed by atoms with Crippen molar-refractivity contribution in [2.45, 2.75) is 19.4 Å². The van der Waals surface area contributed by atoms with Crippen molar-refractivity contribution in [1.82, 2.24) is 5.32 Å². The SMILES string of the molecule is CC1(C)NC(=S)N=C1N. The van der Waals surface area contributed by atoms with Gasteiger partial charge in [-0.1, -0.05) is 0 Å². The number of rotatable bonds is 0. The summed E-state index contributed by atoms with van der Waals surface area (Å²) in [5.74, 6) is 0.563. The first kappa shape index (κ1) is 6.48. The van der Waals surface area contributed by atoms with Crippen LogP contribution in [0.4, 0.5) is 0 Å². The average Bonchev–Trinajstić information content (AvgIpc) is 1.79. The molecule has 0 aromatic rings. The van der Waals surface area contributed by atoms with E-state index in [2.05, 4.69) is 10.3 Å². The summed E-state index contributed by atoms with van der Waals surface area (Å²) < 4.78 is 0. The third-order valence-electron chi connectivity index (χ3n) is 1.28. The van der Waals surface area contributed by atoms with Crippen molar-refractivity contribution in [2.24, 2.45) is 10.7 Å². The van der Waals surface area contributed by atoms with Gasteiger partial charge < -0.3 is 11.1 Å². The predicted molar refractivity (Wildman–Crippen MR) is 41.4 cm³/mol. The molecule has 3 N–H and O–H groups in total. The van der Waals surface area contributed by atoms with E-state index >= 15 is 0 Å². The molecule has 0 aromatic carbocycles. The Bertz CT molecular complexity index is 183. The molecule has 0 unspecified atom stereocenters. The van der Waals surface area contributed by atoms with E-state index in [4.69, 9.17) is 18.0 Å². The molecular formula is C5H9N3S. The molecule has 3 nitrogen and oxygen atoms in total. The van der Waals surface area contributed by atoms with Gasteiger partial charge in [-0.2, -0.15) is 0 Å². The van der Waals surface area contributed by atoms with Gasteiger partial charge in [-0.25, -0.2) is 4.99 Å². The Kier molecular flexibility index (Phi) is 1.20. The van der Waals surface area contributed by atoms with Gasteiger partial charge in [-0.05, 0) is 26.1 Å². The highest BCUT2D eigenvalue weighted by Gasteiger charge is 2.28. The first-order valence-corrected chi connectivity index (χ1v) is 3.10. The minimum atomic E-state index is -0.239. The molecule has 0 saturated heterocycles. The van der Waals surface area contributed by atoms with E-state index in [0.717, 1.165) is 0 Å². The first-order chi connectivity index (χ1) is 4.02. The fraction of sp³-hybridized carbons (Fsp3) is 0.600. The van der Waals surface area contributed by atoms with Crippen molar-refractivity contribution in [2.75, 3.05) is 0 Å². The zero-order valence-electron chi connectivity index (χ0n) is 5.43. The van der Waals surface area contributed by atoms with Crippen molar-refractivity contribution >= 4 is 23.2 Å². The summed E-state index contributed by atoms with van der Waals surface area (Å²) in [7, 11) is 0. The molecule has 0 aliphatic carbocycles. The molecule has 1 rings (SSSR count). The van der Waals surface area contributed by atoms with Gasteiger partial charge in [-0.3, -0.25) is 0 Å². The second-order valence-corrected chi connectivity index (χ2v) is 2.94. The van der Waals surface area contributed by atoms with Gasteiger partial charge >= 0.3 is 0 Å². The number of nitrogens with two attached hydrogens (primary N) is 1. The van der Waals surface area contributed by atoms with Crippen molar-refractivity contribution < 1.29 is 0 Å². The summed E-state index contributed by atoms with van der Waals surface area (Å²) in [5, 5.41) is 3.43. The third-order valence-corrected chi connectivity index (χ3v) is 1.48. The van der Waals surface area contributed by atoms with Crippen LogP contribution in [0.5, 0.6) is 0 Å². The summed E-state index contributed by atoms with van der Waals surface area (Å²) >= 11 is 4.77. The number of amidine groups is 1. The zero-order valence-corrected chi connectivity index (χ0v) is 6.25. The summed E-state index contributed by atoms with van der Waals surface area (Å²) in [5.41, 5.74) is 5.26. The van der Waals surface area contributed by atoms with Crippen LogP contribution >= 0.6 is 12.2 Å². The second kappa shape index (κ2) is 1.67. The van der Waals surface area contributed by atoms with Crippen molar-refractivity contribution in [3.05, 3.63) is 0 Å². The van der Waals surface area contributed by atoms with Gasteiger partial charge in [-0.15, -0.1) is 0 Å². The Balaban J connectivity index is 2.89. The Morgan fingerprint density at radius 3 is 2.33 bits per heavy atom. The predicted octanol–water partition coefficient (Wildman–Crippen LogP) is 0.0103. The van der Waals surface area contributed by atoms with Crippen LogP contribution in [0.25, 0.3) is 0 Å². The zero-order chi connectivity index (χ0) is 7.07. The number of thiocarbonyl (C=S) groups is 1. The van der Waals surface area contributed by atoms with Crippen LogP contribution in [-0.4, -0.2) is 16.5 Å². The Labute approximate surface area is 59.3 Å². The molecule has 0 saturated carbocycles. The van der Waals surface area contributed by atoms with Crippen LogP contribution in [0.1, 0.15) is 13.8 Å². The minimum absolute atomic E-state index is 0.239. The van der Waals surface area contributed by atoms with Crippen LogP contribution < -0.4 is 11.1 Å². The molecule has 0 atom stereocenters. The highest BCUT2D eigenvalue weighted by Crippen LogP contribution is 2.08. The maximum atomic E-state index is 5.50. The summed E-state index contributed by atoms with van der Waals surface area (Å²) in [6.45, 7) is 3.87. The number of aliphatic imine (C=N–C) groups is 1. The van der Waals surface area contributed by atoms with Gasteiger partial charge in [0.2, 0.25) is 0 Å². The number of nitrogens with one attached hydrogen (secondary N) is 1. The average molecular weight is 143 g/mol. The van der Waals surface area contributed by atoms with E-state index in [0.29, 0.717) is 10.9 Å². The Morgan fingerprint density at radius 1 is 1.67 bits per heavy atom.